The van der Waals surface area contributed by atoms with Crippen molar-refractivity contribution in [2.75, 3.05) is 0 Å². The first kappa shape index (κ1) is 14.8. The molecular formula is C19H13N5O. The molecule has 1 N–H and O–H groups in total. The molecule has 4 aromatic rings. The number of nitrogens with zero attached hydrogens (tertiary/aromatic N) is 4. The number of nitriles is 1. The minimum absolute atomic E-state index is 0.348. The fraction of sp³-hybridized carbons (Fsp3) is 0.0526. The summed E-state index contributed by atoms with van der Waals surface area (Å²) in [5.74, 6) is 0.470. The first-order chi connectivity index (χ1) is 12.4. The number of aromatic nitrogens is 4. The van der Waals surface area contributed by atoms with Crippen molar-refractivity contribution in [2.24, 2.45) is 0 Å². The highest BCUT2D eigenvalue weighted by Crippen LogP contribution is 2.34. The van der Waals surface area contributed by atoms with Crippen LogP contribution in [0.2, 0.25) is 0 Å². The molecule has 0 radical (unpaired) electrons. The molecule has 25 heavy (non-hydrogen) atoms. The maximum absolute atomic E-state index is 9.33. The van der Waals surface area contributed by atoms with Gasteiger partial charge in [0.1, 0.15) is 30.3 Å². The number of nitrogens with one attached hydrogen (secondary N) is 1. The molecule has 0 unspecified atom stereocenters. The Kier molecular flexibility index (Phi) is 3.81. The van der Waals surface area contributed by atoms with Crippen molar-refractivity contribution in [2.45, 2.75) is 6.61 Å². The van der Waals surface area contributed by atoms with E-state index in [1.54, 1.807) is 18.5 Å². The highest BCUT2D eigenvalue weighted by atomic mass is 16.5. The number of fused-ring (bicyclic) bond motifs is 1. The van der Waals surface area contributed by atoms with Gasteiger partial charge in [-0.25, -0.2) is 15.0 Å². The van der Waals surface area contributed by atoms with Crippen LogP contribution in [0.4, 0.5) is 0 Å². The molecule has 0 saturated carbocycles. The summed E-state index contributed by atoms with van der Waals surface area (Å²) < 4.78 is 5.92. The molecule has 0 aliphatic carbocycles. The van der Waals surface area contributed by atoms with Crippen LogP contribution in [-0.2, 0) is 6.61 Å². The molecule has 3 aromatic heterocycles. The van der Waals surface area contributed by atoms with Crippen LogP contribution >= 0.6 is 0 Å². The van der Waals surface area contributed by atoms with Gasteiger partial charge in [0.15, 0.2) is 0 Å². The SMILES string of the molecule is N#Cc1ncccc1-c1c[nH]c2ncnc(OCc3ccccc3)c12. The molecule has 0 aliphatic rings. The lowest BCUT2D eigenvalue weighted by Gasteiger charge is -2.08. The standard InChI is InChI=1S/C19H13N5O/c20-9-16-14(7-4-8-21-16)15-10-22-18-17(15)19(24-12-23-18)25-11-13-5-2-1-3-6-13/h1-8,10,12H,11H2,(H,22,23,24). The molecule has 0 bridgehead atoms. The van der Waals surface area contributed by atoms with E-state index in [2.05, 4.69) is 26.0 Å². The first-order valence-corrected chi connectivity index (χ1v) is 7.71. The zero-order valence-corrected chi connectivity index (χ0v) is 13.2. The van der Waals surface area contributed by atoms with Crippen molar-refractivity contribution < 1.29 is 4.74 Å². The van der Waals surface area contributed by atoms with Gasteiger partial charge in [-0.15, -0.1) is 0 Å². The normalized spacial score (nSPS) is 10.5. The average molecular weight is 327 g/mol. The van der Waals surface area contributed by atoms with Gasteiger partial charge < -0.3 is 9.72 Å². The Bertz CT molecular complexity index is 1070. The number of ether oxygens (including phenoxy) is 1. The van der Waals surface area contributed by atoms with Gasteiger partial charge in [0.25, 0.3) is 0 Å². The molecule has 3 heterocycles. The molecule has 1 aromatic carbocycles. The summed E-state index contributed by atoms with van der Waals surface area (Å²) in [4.78, 5) is 15.8. The lowest BCUT2D eigenvalue weighted by Crippen LogP contribution is -1.98. The Labute approximate surface area is 143 Å². The van der Waals surface area contributed by atoms with E-state index >= 15 is 0 Å². The summed E-state index contributed by atoms with van der Waals surface area (Å²) in [5.41, 5.74) is 3.56. The second-order valence-corrected chi connectivity index (χ2v) is 5.39. The van der Waals surface area contributed by atoms with Crippen LogP contribution in [0.25, 0.3) is 22.2 Å². The molecule has 0 saturated heterocycles. The van der Waals surface area contributed by atoms with Gasteiger partial charge in [0, 0.05) is 23.5 Å². The van der Waals surface area contributed by atoms with Gasteiger partial charge in [0.2, 0.25) is 5.88 Å². The van der Waals surface area contributed by atoms with Crippen LogP contribution in [-0.4, -0.2) is 19.9 Å². The fourth-order valence-corrected chi connectivity index (χ4v) is 2.69. The second kappa shape index (κ2) is 6.42. The van der Waals surface area contributed by atoms with Gasteiger partial charge in [-0.3, -0.25) is 0 Å². The molecule has 6 heteroatoms. The van der Waals surface area contributed by atoms with E-state index < -0.39 is 0 Å². The van der Waals surface area contributed by atoms with E-state index in [9.17, 15) is 5.26 Å². The third-order valence-corrected chi connectivity index (χ3v) is 3.86. The van der Waals surface area contributed by atoms with Crippen LogP contribution in [0.1, 0.15) is 11.3 Å². The van der Waals surface area contributed by atoms with E-state index in [4.69, 9.17) is 4.74 Å². The second-order valence-electron chi connectivity index (χ2n) is 5.39. The lowest BCUT2D eigenvalue weighted by atomic mass is 10.1. The molecule has 4 rings (SSSR count). The van der Waals surface area contributed by atoms with Gasteiger partial charge in [-0.05, 0) is 17.7 Å². The Morgan fingerprint density at radius 1 is 1.00 bits per heavy atom. The molecule has 6 nitrogen and oxygen atoms in total. The average Bonchev–Trinajstić information content (AvgIpc) is 3.12. The van der Waals surface area contributed by atoms with Gasteiger partial charge in [-0.2, -0.15) is 5.26 Å². The molecule has 0 spiro atoms. The predicted molar refractivity (Wildman–Crippen MR) is 92.6 cm³/mol. The number of benzene rings is 1. The highest BCUT2D eigenvalue weighted by Gasteiger charge is 2.16. The zero-order chi connectivity index (χ0) is 17.1. The maximum atomic E-state index is 9.33. The van der Waals surface area contributed by atoms with Gasteiger partial charge >= 0.3 is 0 Å². The number of hydrogen-bond acceptors (Lipinski definition) is 5. The maximum Gasteiger partial charge on any atom is 0.227 e. The van der Waals surface area contributed by atoms with E-state index in [1.807, 2.05) is 36.4 Å². The number of hydrogen-bond donors (Lipinski definition) is 1. The van der Waals surface area contributed by atoms with Crippen LogP contribution < -0.4 is 4.74 Å². The van der Waals surface area contributed by atoms with Gasteiger partial charge in [0.05, 0.1) is 5.39 Å². The molecule has 120 valence electrons. The van der Waals surface area contributed by atoms with Crippen LogP contribution in [0.5, 0.6) is 5.88 Å². The van der Waals surface area contributed by atoms with E-state index in [0.717, 1.165) is 22.1 Å². The Hall–Kier alpha value is -3.72. The molecular weight excluding hydrogens is 314 g/mol. The number of pyridine rings is 1. The summed E-state index contributed by atoms with van der Waals surface area (Å²) in [6.45, 7) is 0.399. The van der Waals surface area contributed by atoms with Crippen molar-refractivity contribution in [3.63, 3.8) is 0 Å². The first-order valence-electron chi connectivity index (χ1n) is 7.71. The van der Waals surface area contributed by atoms with Crippen LogP contribution in [0, 0.1) is 11.3 Å². The molecule has 0 amide bonds. The van der Waals surface area contributed by atoms with Crippen LogP contribution in [0.3, 0.4) is 0 Å². The highest BCUT2D eigenvalue weighted by molar-refractivity contribution is 5.97. The quantitative estimate of drug-likeness (QED) is 0.620. The minimum atomic E-state index is 0.348. The Morgan fingerprint density at radius 2 is 1.88 bits per heavy atom. The predicted octanol–water partition coefficient (Wildman–Crippen LogP) is 3.47. The minimum Gasteiger partial charge on any atom is -0.472 e. The summed E-state index contributed by atoms with van der Waals surface area (Å²) in [5, 5.41) is 10.1. The number of rotatable bonds is 4. The van der Waals surface area contributed by atoms with Crippen molar-refractivity contribution in [1.29, 1.82) is 5.26 Å². The Balaban J connectivity index is 1.78. The third kappa shape index (κ3) is 2.79. The van der Waals surface area contributed by atoms with Crippen molar-refractivity contribution in [1.82, 2.24) is 19.9 Å². The molecule has 0 aliphatic heterocycles. The van der Waals surface area contributed by atoms with Crippen molar-refractivity contribution in [3.8, 4) is 23.1 Å². The van der Waals surface area contributed by atoms with E-state index in [0.29, 0.717) is 23.8 Å². The Morgan fingerprint density at radius 3 is 2.72 bits per heavy atom. The number of H-pyrrole nitrogens is 1. The topological polar surface area (TPSA) is 87.5 Å². The molecule has 0 fully saturated rings. The lowest BCUT2D eigenvalue weighted by molar-refractivity contribution is 0.297. The zero-order valence-electron chi connectivity index (χ0n) is 13.2. The van der Waals surface area contributed by atoms with Crippen LogP contribution in [0.15, 0.2) is 61.2 Å². The number of aromatic amines is 1. The molecule has 0 atom stereocenters. The summed E-state index contributed by atoms with van der Waals surface area (Å²) in [6.07, 6.45) is 4.85. The van der Waals surface area contributed by atoms with E-state index in [-0.39, 0.29) is 0 Å². The van der Waals surface area contributed by atoms with E-state index in [1.165, 1.54) is 6.33 Å². The summed E-state index contributed by atoms with van der Waals surface area (Å²) in [6, 6.07) is 15.6. The monoisotopic (exact) mass is 327 g/mol. The van der Waals surface area contributed by atoms with Crippen molar-refractivity contribution >= 4 is 11.0 Å². The third-order valence-electron chi connectivity index (χ3n) is 3.86. The summed E-state index contributed by atoms with van der Waals surface area (Å²) in [7, 11) is 0. The van der Waals surface area contributed by atoms with Crippen molar-refractivity contribution in [3.05, 3.63) is 72.4 Å². The fourth-order valence-electron chi connectivity index (χ4n) is 2.69. The van der Waals surface area contributed by atoms with Gasteiger partial charge in [-0.1, -0.05) is 30.3 Å². The summed E-state index contributed by atoms with van der Waals surface area (Å²) >= 11 is 0. The largest absolute Gasteiger partial charge is 0.472 e. The smallest absolute Gasteiger partial charge is 0.227 e.